The summed E-state index contributed by atoms with van der Waals surface area (Å²) in [7, 11) is 0. The molecule has 2 rings (SSSR count). The van der Waals surface area contributed by atoms with Crippen LogP contribution in [-0.2, 0) is 0 Å². The summed E-state index contributed by atoms with van der Waals surface area (Å²) in [5.74, 6) is 3.03. The molecule has 2 fully saturated rings. The molecule has 5 unspecified atom stereocenters. The molecule has 0 heterocycles. The predicted molar refractivity (Wildman–Crippen MR) is 63.6 cm³/mol. The molecule has 0 radical (unpaired) electrons. The maximum Gasteiger partial charge on any atom is 0.0467 e. The van der Waals surface area contributed by atoms with Gasteiger partial charge in [0.2, 0.25) is 0 Å². The van der Waals surface area contributed by atoms with E-state index in [4.69, 9.17) is 0 Å². The Bertz CT molecular complexity index is 217. The summed E-state index contributed by atoms with van der Waals surface area (Å²) in [4.78, 5) is 0. The van der Waals surface area contributed by atoms with E-state index in [2.05, 4.69) is 20.8 Å². The lowest BCUT2D eigenvalue weighted by Crippen LogP contribution is -2.48. The Morgan fingerprint density at radius 3 is 2.53 bits per heavy atom. The summed E-state index contributed by atoms with van der Waals surface area (Å²) in [6, 6.07) is 0. The second-order valence-corrected chi connectivity index (χ2v) is 6.33. The molecule has 1 nitrogen and oxygen atoms in total. The lowest BCUT2D eigenvalue weighted by Gasteiger charge is -2.55. The molecular formula is C14H26O. The van der Waals surface area contributed by atoms with E-state index < -0.39 is 0 Å². The van der Waals surface area contributed by atoms with E-state index in [0.29, 0.717) is 17.9 Å². The van der Waals surface area contributed by atoms with Gasteiger partial charge in [-0.2, -0.15) is 0 Å². The smallest absolute Gasteiger partial charge is 0.0467 e. The van der Waals surface area contributed by atoms with Crippen molar-refractivity contribution in [3.8, 4) is 0 Å². The molecule has 0 bridgehead atoms. The van der Waals surface area contributed by atoms with Crippen LogP contribution in [0.4, 0.5) is 0 Å². The highest BCUT2D eigenvalue weighted by Crippen LogP contribution is 2.56. The van der Waals surface area contributed by atoms with Crippen LogP contribution in [-0.4, -0.2) is 11.7 Å². The van der Waals surface area contributed by atoms with Gasteiger partial charge >= 0.3 is 0 Å². The van der Waals surface area contributed by atoms with Crippen molar-refractivity contribution in [2.24, 2.45) is 29.1 Å². The molecule has 0 amide bonds. The van der Waals surface area contributed by atoms with Crippen molar-refractivity contribution in [2.75, 3.05) is 6.61 Å². The zero-order valence-corrected chi connectivity index (χ0v) is 10.5. The van der Waals surface area contributed by atoms with Gasteiger partial charge in [0.15, 0.2) is 0 Å². The van der Waals surface area contributed by atoms with Crippen LogP contribution in [0, 0.1) is 29.1 Å². The lowest BCUT2D eigenvalue weighted by molar-refractivity contribution is -0.0764. The molecule has 2 aliphatic carbocycles. The van der Waals surface area contributed by atoms with Gasteiger partial charge in [-0.3, -0.25) is 0 Å². The van der Waals surface area contributed by atoms with Gasteiger partial charge in [-0.05, 0) is 41.9 Å². The zero-order valence-electron chi connectivity index (χ0n) is 10.5. The molecule has 0 aromatic heterocycles. The largest absolute Gasteiger partial charge is 0.396 e. The number of aliphatic hydroxyl groups is 1. The molecule has 5 atom stereocenters. The first kappa shape index (κ1) is 11.4. The summed E-state index contributed by atoms with van der Waals surface area (Å²) < 4.78 is 0. The van der Waals surface area contributed by atoms with Crippen molar-refractivity contribution in [3.63, 3.8) is 0 Å². The van der Waals surface area contributed by atoms with Crippen LogP contribution in [0.3, 0.4) is 0 Å². The Labute approximate surface area is 94.3 Å². The van der Waals surface area contributed by atoms with Gasteiger partial charge in [0.25, 0.3) is 0 Å². The number of rotatable bonds is 1. The van der Waals surface area contributed by atoms with Gasteiger partial charge < -0.3 is 5.11 Å². The van der Waals surface area contributed by atoms with Gasteiger partial charge in [0.1, 0.15) is 0 Å². The first-order chi connectivity index (χ1) is 7.09. The van der Waals surface area contributed by atoms with E-state index in [1.807, 2.05) is 0 Å². The van der Waals surface area contributed by atoms with Gasteiger partial charge in [0.05, 0.1) is 0 Å². The highest BCUT2D eigenvalue weighted by Gasteiger charge is 2.49. The van der Waals surface area contributed by atoms with Crippen LogP contribution in [0.15, 0.2) is 0 Å². The van der Waals surface area contributed by atoms with E-state index in [1.165, 1.54) is 32.1 Å². The van der Waals surface area contributed by atoms with Gasteiger partial charge in [-0.1, -0.05) is 40.0 Å². The zero-order chi connectivity index (χ0) is 11.1. The molecule has 0 aromatic rings. The SMILES string of the molecule is CC1CCC2C(C)CCCC2(C)C1CO. The van der Waals surface area contributed by atoms with Crippen molar-refractivity contribution in [3.05, 3.63) is 0 Å². The third-order valence-corrected chi connectivity index (χ3v) is 5.57. The third kappa shape index (κ3) is 1.73. The number of hydrogen-bond acceptors (Lipinski definition) is 1. The molecule has 0 spiro atoms. The Kier molecular flexibility index (Phi) is 3.12. The highest BCUT2D eigenvalue weighted by molar-refractivity contribution is 4.98. The molecule has 1 heteroatoms. The van der Waals surface area contributed by atoms with Crippen LogP contribution >= 0.6 is 0 Å². The van der Waals surface area contributed by atoms with Gasteiger partial charge in [0, 0.05) is 6.61 Å². The standard InChI is InChI=1S/C14H26O/c1-10-5-4-8-14(3)12(10)7-6-11(2)13(14)9-15/h10-13,15H,4-9H2,1-3H3. The summed E-state index contributed by atoms with van der Waals surface area (Å²) in [6.07, 6.45) is 6.85. The average Bonchev–Trinajstić information content (AvgIpc) is 2.17. The van der Waals surface area contributed by atoms with E-state index >= 15 is 0 Å². The van der Waals surface area contributed by atoms with Crippen molar-refractivity contribution in [1.29, 1.82) is 0 Å². The minimum absolute atomic E-state index is 0.404. The van der Waals surface area contributed by atoms with Gasteiger partial charge in [-0.15, -0.1) is 0 Å². The Balaban J connectivity index is 2.24. The number of hydrogen-bond donors (Lipinski definition) is 1. The Hall–Kier alpha value is -0.0400. The molecule has 0 aromatic carbocycles. The fourth-order valence-electron chi connectivity index (χ4n) is 4.60. The molecule has 2 saturated carbocycles. The van der Waals surface area contributed by atoms with Crippen LogP contribution in [0.25, 0.3) is 0 Å². The molecule has 2 aliphatic rings. The number of fused-ring (bicyclic) bond motifs is 1. The van der Waals surface area contributed by atoms with Gasteiger partial charge in [-0.25, -0.2) is 0 Å². The van der Waals surface area contributed by atoms with Crippen LogP contribution < -0.4 is 0 Å². The topological polar surface area (TPSA) is 20.2 Å². The summed E-state index contributed by atoms with van der Waals surface area (Å²) in [5.41, 5.74) is 0.435. The van der Waals surface area contributed by atoms with Crippen molar-refractivity contribution < 1.29 is 5.11 Å². The van der Waals surface area contributed by atoms with E-state index in [0.717, 1.165) is 17.8 Å². The summed E-state index contributed by atoms with van der Waals surface area (Å²) in [6.45, 7) is 7.61. The minimum Gasteiger partial charge on any atom is -0.396 e. The summed E-state index contributed by atoms with van der Waals surface area (Å²) >= 11 is 0. The van der Waals surface area contributed by atoms with E-state index in [9.17, 15) is 5.11 Å². The predicted octanol–water partition coefficient (Wildman–Crippen LogP) is 3.47. The normalized spacial score (nSPS) is 51.2. The third-order valence-electron chi connectivity index (χ3n) is 5.57. The van der Waals surface area contributed by atoms with Crippen molar-refractivity contribution >= 4 is 0 Å². The van der Waals surface area contributed by atoms with Crippen molar-refractivity contribution in [2.45, 2.75) is 52.9 Å². The first-order valence-electron chi connectivity index (χ1n) is 6.70. The first-order valence-corrected chi connectivity index (χ1v) is 6.70. The fourth-order valence-corrected chi connectivity index (χ4v) is 4.60. The Morgan fingerprint density at radius 2 is 1.87 bits per heavy atom. The molecule has 0 saturated heterocycles. The van der Waals surface area contributed by atoms with Crippen molar-refractivity contribution in [1.82, 2.24) is 0 Å². The number of aliphatic hydroxyl groups excluding tert-OH is 1. The lowest BCUT2D eigenvalue weighted by atomic mass is 9.50. The molecule has 15 heavy (non-hydrogen) atoms. The average molecular weight is 210 g/mol. The monoisotopic (exact) mass is 210 g/mol. The molecule has 88 valence electrons. The molecule has 1 N–H and O–H groups in total. The summed E-state index contributed by atoms with van der Waals surface area (Å²) in [5, 5.41) is 9.65. The maximum atomic E-state index is 9.65. The second-order valence-electron chi connectivity index (χ2n) is 6.33. The van der Waals surface area contributed by atoms with E-state index in [1.54, 1.807) is 0 Å². The van der Waals surface area contributed by atoms with Crippen LogP contribution in [0.1, 0.15) is 52.9 Å². The molecular weight excluding hydrogens is 184 g/mol. The van der Waals surface area contributed by atoms with Crippen LogP contribution in [0.2, 0.25) is 0 Å². The quantitative estimate of drug-likeness (QED) is 0.702. The fraction of sp³-hybridized carbons (Fsp3) is 1.00. The Morgan fingerprint density at radius 1 is 1.13 bits per heavy atom. The molecule has 0 aliphatic heterocycles. The van der Waals surface area contributed by atoms with Crippen LogP contribution in [0.5, 0.6) is 0 Å². The maximum absolute atomic E-state index is 9.65. The second kappa shape index (κ2) is 4.08. The van der Waals surface area contributed by atoms with E-state index in [-0.39, 0.29) is 0 Å². The minimum atomic E-state index is 0.404. The highest BCUT2D eigenvalue weighted by atomic mass is 16.3.